The molecule has 6 heteroatoms. The molecule has 1 atom stereocenters. The molecule has 0 fully saturated rings. The van der Waals surface area contributed by atoms with Crippen molar-refractivity contribution in [2.45, 2.75) is 12.0 Å². The molecule has 1 aromatic rings. The minimum absolute atomic E-state index is 0.0686. The first-order valence-corrected chi connectivity index (χ1v) is 4.86. The SMILES string of the molecule is N[C@H](c1cc(F)cc(Br)c1)C(F)(F)CO. The average Bonchev–Trinajstić information content (AvgIpc) is 2.15. The zero-order valence-electron chi connectivity index (χ0n) is 7.55. The lowest BCUT2D eigenvalue weighted by molar-refractivity contribution is -0.0712. The summed E-state index contributed by atoms with van der Waals surface area (Å²) in [4.78, 5) is 0. The number of rotatable bonds is 3. The van der Waals surface area contributed by atoms with Gasteiger partial charge in [0.2, 0.25) is 0 Å². The van der Waals surface area contributed by atoms with Crippen molar-refractivity contribution in [3.8, 4) is 0 Å². The summed E-state index contributed by atoms with van der Waals surface area (Å²) in [5.74, 6) is -4.13. The van der Waals surface area contributed by atoms with E-state index in [0.717, 1.165) is 12.1 Å². The van der Waals surface area contributed by atoms with E-state index >= 15 is 0 Å². The first-order chi connectivity index (χ1) is 6.86. The molecule has 84 valence electrons. The van der Waals surface area contributed by atoms with Gasteiger partial charge in [-0.15, -0.1) is 0 Å². The van der Waals surface area contributed by atoms with Crippen LogP contribution in [0.3, 0.4) is 0 Å². The van der Waals surface area contributed by atoms with Crippen LogP contribution in [0.1, 0.15) is 11.6 Å². The third-order valence-corrected chi connectivity index (χ3v) is 2.37. The van der Waals surface area contributed by atoms with Gasteiger partial charge in [-0.05, 0) is 23.8 Å². The van der Waals surface area contributed by atoms with Gasteiger partial charge in [-0.25, -0.2) is 13.2 Å². The maximum absolute atomic E-state index is 13.0. The lowest BCUT2D eigenvalue weighted by atomic mass is 10.0. The van der Waals surface area contributed by atoms with Crippen molar-refractivity contribution in [2.75, 3.05) is 6.61 Å². The molecule has 0 saturated carbocycles. The molecule has 0 bridgehead atoms. The molecule has 15 heavy (non-hydrogen) atoms. The molecule has 1 aromatic carbocycles. The van der Waals surface area contributed by atoms with Crippen LogP contribution in [0.4, 0.5) is 13.2 Å². The lowest BCUT2D eigenvalue weighted by Gasteiger charge is -2.21. The maximum atomic E-state index is 13.0. The number of aliphatic hydroxyl groups excluding tert-OH is 1. The van der Waals surface area contributed by atoms with Crippen LogP contribution in [0.5, 0.6) is 0 Å². The zero-order chi connectivity index (χ0) is 11.6. The Hall–Kier alpha value is -0.590. The summed E-state index contributed by atoms with van der Waals surface area (Å²) in [6, 6.07) is 1.61. The van der Waals surface area contributed by atoms with Crippen molar-refractivity contribution in [1.82, 2.24) is 0 Å². The summed E-state index contributed by atoms with van der Waals surface area (Å²) < 4.78 is 39.2. The third-order valence-electron chi connectivity index (χ3n) is 1.91. The smallest absolute Gasteiger partial charge is 0.289 e. The fourth-order valence-corrected chi connectivity index (χ4v) is 1.58. The predicted octanol–water partition coefficient (Wildman–Crippen LogP) is 2.22. The molecule has 0 aliphatic carbocycles. The number of nitrogens with two attached hydrogens (primary N) is 1. The van der Waals surface area contributed by atoms with E-state index in [1.54, 1.807) is 0 Å². The van der Waals surface area contributed by atoms with Gasteiger partial charge in [0.1, 0.15) is 12.4 Å². The number of aliphatic hydroxyl groups is 1. The van der Waals surface area contributed by atoms with Gasteiger partial charge in [0.25, 0.3) is 5.92 Å². The van der Waals surface area contributed by atoms with Crippen molar-refractivity contribution in [1.29, 1.82) is 0 Å². The number of benzene rings is 1. The summed E-state index contributed by atoms with van der Waals surface area (Å²) in [7, 11) is 0. The van der Waals surface area contributed by atoms with Crippen LogP contribution >= 0.6 is 15.9 Å². The van der Waals surface area contributed by atoms with Crippen LogP contribution in [-0.4, -0.2) is 17.6 Å². The van der Waals surface area contributed by atoms with E-state index < -0.39 is 24.4 Å². The van der Waals surface area contributed by atoms with Gasteiger partial charge >= 0.3 is 0 Å². The zero-order valence-corrected chi connectivity index (χ0v) is 9.14. The van der Waals surface area contributed by atoms with Gasteiger partial charge in [0.15, 0.2) is 0 Å². The number of halogens is 4. The number of hydrogen-bond acceptors (Lipinski definition) is 2. The van der Waals surface area contributed by atoms with Gasteiger partial charge in [0.05, 0.1) is 6.04 Å². The normalized spacial score (nSPS) is 14.0. The second-order valence-corrected chi connectivity index (χ2v) is 4.02. The first-order valence-electron chi connectivity index (χ1n) is 4.07. The van der Waals surface area contributed by atoms with E-state index in [1.807, 2.05) is 0 Å². The van der Waals surface area contributed by atoms with Crippen LogP contribution in [0.15, 0.2) is 22.7 Å². The molecule has 0 saturated heterocycles. The van der Waals surface area contributed by atoms with Crippen LogP contribution in [0.2, 0.25) is 0 Å². The fraction of sp³-hybridized carbons (Fsp3) is 0.333. The summed E-state index contributed by atoms with van der Waals surface area (Å²) in [6.45, 7) is -1.37. The quantitative estimate of drug-likeness (QED) is 0.894. The summed E-state index contributed by atoms with van der Waals surface area (Å²) in [5.41, 5.74) is 5.15. The van der Waals surface area contributed by atoms with Gasteiger partial charge in [-0.3, -0.25) is 0 Å². The molecule has 0 aliphatic heterocycles. The molecular weight excluding hydrogens is 275 g/mol. The minimum Gasteiger partial charge on any atom is -0.390 e. The molecule has 2 nitrogen and oxygen atoms in total. The molecular formula is C9H9BrF3NO. The first kappa shape index (κ1) is 12.5. The average molecular weight is 284 g/mol. The second-order valence-electron chi connectivity index (χ2n) is 3.10. The van der Waals surface area contributed by atoms with E-state index in [4.69, 9.17) is 10.8 Å². The van der Waals surface area contributed by atoms with Crippen molar-refractivity contribution < 1.29 is 18.3 Å². The Balaban J connectivity index is 3.06. The Bertz CT molecular complexity index is 339. The standard InChI is InChI=1S/C9H9BrF3NO/c10-6-1-5(2-7(11)3-6)8(14)9(12,13)4-15/h1-3,8,15H,4,14H2/t8-/m1/s1. The van der Waals surface area contributed by atoms with Gasteiger partial charge in [-0.2, -0.15) is 0 Å². The Morgan fingerprint density at radius 3 is 2.47 bits per heavy atom. The summed E-state index contributed by atoms with van der Waals surface area (Å²) in [6.07, 6.45) is 0. The molecule has 0 unspecified atom stereocenters. The van der Waals surface area contributed by atoms with Crippen molar-refractivity contribution in [3.63, 3.8) is 0 Å². The molecule has 0 spiro atoms. The largest absolute Gasteiger partial charge is 0.390 e. The van der Waals surface area contributed by atoms with Gasteiger partial charge in [0, 0.05) is 4.47 Å². The molecule has 0 aliphatic rings. The maximum Gasteiger partial charge on any atom is 0.289 e. The van der Waals surface area contributed by atoms with E-state index in [1.165, 1.54) is 6.07 Å². The number of alkyl halides is 2. The highest BCUT2D eigenvalue weighted by Gasteiger charge is 2.37. The third kappa shape index (κ3) is 2.93. The molecule has 1 rings (SSSR count). The van der Waals surface area contributed by atoms with Crippen LogP contribution in [0, 0.1) is 5.82 Å². The van der Waals surface area contributed by atoms with Gasteiger partial charge in [-0.1, -0.05) is 15.9 Å². The Morgan fingerprint density at radius 1 is 1.40 bits per heavy atom. The Labute approximate surface area is 93.0 Å². The van der Waals surface area contributed by atoms with Crippen LogP contribution < -0.4 is 5.73 Å². The molecule has 0 radical (unpaired) electrons. The molecule has 3 N–H and O–H groups in total. The van der Waals surface area contributed by atoms with E-state index in [9.17, 15) is 13.2 Å². The minimum atomic E-state index is -3.47. The van der Waals surface area contributed by atoms with E-state index in [-0.39, 0.29) is 5.56 Å². The van der Waals surface area contributed by atoms with Gasteiger partial charge < -0.3 is 10.8 Å². The van der Waals surface area contributed by atoms with Crippen molar-refractivity contribution in [3.05, 3.63) is 34.1 Å². The highest BCUT2D eigenvalue weighted by Crippen LogP contribution is 2.30. The predicted molar refractivity (Wildman–Crippen MR) is 53.1 cm³/mol. The highest BCUT2D eigenvalue weighted by molar-refractivity contribution is 9.10. The van der Waals surface area contributed by atoms with Crippen molar-refractivity contribution >= 4 is 15.9 Å². The Morgan fingerprint density at radius 2 is 2.00 bits per heavy atom. The van der Waals surface area contributed by atoms with E-state index in [2.05, 4.69) is 15.9 Å². The topological polar surface area (TPSA) is 46.2 Å². The molecule has 0 aromatic heterocycles. The fourth-order valence-electron chi connectivity index (χ4n) is 1.10. The molecule has 0 amide bonds. The summed E-state index contributed by atoms with van der Waals surface area (Å²) >= 11 is 2.97. The summed E-state index contributed by atoms with van der Waals surface area (Å²) in [5, 5.41) is 8.43. The van der Waals surface area contributed by atoms with Crippen molar-refractivity contribution in [2.24, 2.45) is 5.73 Å². The number of hydrogen-bond donors (Lipinski definition) is 2. The monoisotopic (exact) mass is 283 g/mol. The highest BCUT2D eigenvalue weighted by atomic mass is 79.9. The van der Waals surface area contributed by atoms with E-state index in [0.29, 0.717) is 4.47 Å². The Kier molecular flexibility index (Phi) is 3.75. The second kappa shape index (κ2) is 4.51. The molecule has 0 heterocycles. The van der Waals surface area contributed by atoms with Crippen LogP contribution in [-0.2, 0) is 0 Å². The van der Waals surface area contributed by atoms with Crippen LogP contribution in [0.25, 0.3) is 0 Å². The lowest BCUT2D eigenvalue weighted by Crippen LogP contribution is -2.36.